The van der Waals surface area contributed by atoms with Crippen LogP contribution >= 0.6 is 11.6 Å². The van der Waals surface area contributed by atoms with Gasteiger partial charge in [-0.05, 0) is 36.8 Å². The minimum Gasteiger partial charge on any atom is -0.349 e. The van der Waals surface area contributed by atoms with E-state index < -0.39 is 0 Å². The summed E-state index contributed by atoms with van der Waals surface area (Å²) >= 11 is 6.04. The highest BCUT2D eigenvalue weighted by Gasteiger charge is 2.11. The number of imidazole rings is 1. The summed E-state index contributed by atoms with van der Waals surface area (Å²) in [5.74, 6) is 0.860. The highest BCUT2D eigenvalue weighted by Crippen LogP contribution is 2.23. The molecule has 2 aromatic carbocycles. The Kier molecular flexibility index (Phi) is 3.36. The van der Waals surface area contributed by atoms with E-state index in [0.29, 0.717) is 0 Å². The van der Waals surface area contributed by atoms with Gasteiger partial charge in [0.2, 0.25) is 5.95 Å². The van der Waals surface area contributed by atoms with E-state index in [1.165, 1.54) is 0 Å². The molecule has 0 saturated carbocycles. The van der Waals surface area contributed by atoms with E-state index in [1.54, 1.807) is 0 Å². The van der Waals surface area contributed by atoms with Crippen molar-refractivity contribution in [2.45, 2.75) is 13.0 Å². The summed E-state index contributed by atoms with van der Waals surface area (Å²) in [5, 5.41) is 4.19. The molecule has 0 aliphatic heterocycles. The van der Waals surface area contributed by atoms with Gasteiger partial charge in [0.05, 0.1) is 17.1 Å². The van der Waals surface area contributed by atoms with E-state index in [0.717, 1.165) is 27.6 Å². The molecule has 3 rings (SSSR count). The van der Waals surface area contributed by atoms with Crippen molar-refractivity contribution in [3.8, 4) is 0 Å². The number of benzene rings is 2. The third-order valence-corrected chi connectivity index (χ3v) is 3.72. The molecule has 0 aliphatic carbocycles. The van der Waals surface area contributed by atoms with Crippen LogP contribution in [0, 0.1) is 0 Å². The van der Waals surface area contributed by atoms with Gasteiger partial charge in [-0.3, -0.25) is 0 Å². The Bertz CT molecular complexity index is 748. The van der Waals surface area contributed by atoms with Crippen molar-refractivity contribution in [3.63, 3.8) is 0 Å². The SMILES string of the molecule is CC(Nc1nc2ccccc2n1C)c1cccc(Cl)c1. The lowest BCUT2D eigenvalue weighted by molar-refractivity contribution is 0.832. The van der Waals surface area contributed by atoms with Crippen molar-refractivity contribution >= 4 is 28.6 Å². The van der Waals surface area contributed by atoms with Crippen LogP contribution in [0.3, 0.4) is 0 Å². The zero-order chi connectivity index (χ0) is 14.1. The molecule has 0 fully saturated rings. The number of anilines is 1. The van der Waals surface area contributed by atoms with Crippen LogP contribution in [0.1, 0.15) is 18.5 Å². The smallest absolute Gasteiger partial charge is 0.204 e. The average molecular weight is 286 g/mol. The summed E-state index contributed by atoms with van der Waals surface area (Å²) in [6.45, 7) is 2.10. The third kappa shape index (κ3) is 2.37. The molecule has 0 spiro atoms. The van der Waals surface area contributed by atoms with E-state index in [-0.39, 0.29) is 6.04 Å². The molecule has 0 aliphatic rings. The van der Waals surface area contributed by atoms with Crippen molar-refractivity contribution in [1.82, 2.24) is 9.55 Å². The van der Waals surface area contributed by atoms with Gasteiger partial charge in [0.25, 0.3) is 0 Å². The number of rotatable bonds is 3. The van der Waals surface area contributed by atoms with Crippen LogP contribution in [0.5, 0.6) is 0 Å². The van der Waals surface area contributed by atoms with E-state index in [2.05, 4.69) is 33.9 Å². The van der Waals surface area contributed by atoms with Gasteiger partial charge >= 0.3 is 0 Å². The van der Waals surface area contributed by atoms with Crippen LogP contribution in [-0.4, -0.2) is 9.55 Å². The van der Waals surface area contributed by atoms with Crippen molar-refractivity contribution < 1.29 is 0 Å². The van der Waals surface area contributed by atoms with E-state index in [1.807, 2.05) is 43.4 Å². The minimum atomic E-state index is 0.143. The minimum absolute atomic E-state index is 0.143. The molecule has 1 atom stereocenters. The predicted molar refractivity (Wildman–Crippen MR) is 84.2 cm³/mol. The summed E-state index contributed by atoms with van der Waals surface area (Å²) in [6.07, 6.45) is 0. The number of hydrogen-bond acceptors (Lipinski definition) is 2. The third-order valence-electron chi connectivity index (χ3n) is 3.48. The van der Waals surface area contributed by atoms with Crippen LogP contribution in [0.4, 0.5) is 5.95 Å². The highest BCUT2D eigenvalue weighted by atomic mass is 35.5. The van der Waals surface area contributed by atoms with Crippen LogP contribution in [0.25, 0.3) is 11.0 Å². The number of fused-ring (bicyclic) bond motifs is 1. The van der Waals surface area contributed by atoms with Gasteiger partial charge in [-0.15, -0.1) is 0 Å². The van der Waals surface area contributed by atoms with E-state index in [9.17, 15) is 0 Å². The molecule has 1 N–H and O–H groups in total. The normalized spacial score (nSPS) is 12.6. The van der Waals surface area contributed by atoms with E-state index in [4.69, 9.17) is 11.6 Å². The van der Waals surface area contributed by atoms with Gasteiger partial charge in [0, 0.05) is 12.1 Å². The molecular weight excluding hydrogens is 270 g/mol. The molecule has 0 saturated heterocycles. The van der Waals surface area contributed by atoms with Gasteiger partial charge in [-0.2, -0.15) is 0 Å². The second-order valence-corrected chi connectivity index (χ2v) is 5.34. The average Bonchev–Trinajstić information content (AvgIpc) is 2.76. The van der Waals surface area contributed by atoms with Crippen LogP contribution in [0.2, 0.25) is 5.02 Å². The zero-order valence-corrected chi connectivity index (χ0v) is 12.2. The molecule has 1 heterocycles. The number of nitrogens with one attached hydrogen (secondary N) is 1. The number of para-hydroxylation sites is 2. The van der Waals surface area contributed by atoms with Crippen molar-refractivity contribution in [3.05, 3.63) is 59.1 Å². The van der Waals surface area contributed by atoms with Crippen LogP contribution < -0.4 is 5.32 Å². The number of halogens is 1. The maximum atomic E-state index is 6.04. The Labute approximate surface area is 123 Å². The first-order chi connectivity index (χ1) is 9.65. The number of aromatic nitrogens is 2. The lowest BCUT2D eigenvalue weighted by Crippen LogP contribution is -2.10. The summed E-state index contributed by atoms with van der Waals surface area (Å²) in [4.78, 5) is 4.62. The summed E-state index contributed by atoms with van der Waals surface area (Å²) in [7, 11) is 2.02. The van der Waals surface area contributed by atoms with Gasteiger partial charge in [-0.1, -0.05) is 35.9 Å². The van der Waals surface area contributed by atoms with Crippen molar-refractivity contribution in [2.24, 2.45) is 7.05 Å². The molecule has 1 aromatic heterocycles. The first-order valence-corrected chi connectivity index (χ1v) is 6.96. The highest BCUT2D eigenvalue weighted by molar-refractivity contribution is 6.30. The Morgan fingerprint density at radius 3 is 2.70 bits per heavy atom. The zero-order valence-electron chi connectivity index (χ0n) is 11.5. The first kappa shape index (κ1) is 13.0. The molecule has 3 nitrogen and oxygen atoms in total. The van der Waals surface area contributed by atoms with Gasteiger partial charge in [0.15, 0.2) is 0 Å². The Morgan fingerprint density at radius 1 is 1.15 bits per heavy atom. The molecule has 102 valence electrons. The Hall–Kier alpha value is -2.00. The molecule has 0 bridgehead atoms. The number of aryl methyl sites for hydroxylation is 1. The molecule has 0 amide bonds. The summed E-state index contributed by atoms with van der Waals surface area (Å²) in [5.41, 5.74) is 3.26. The Morgan fingerprint density at radius 2 is 1.95 bits per heavy atom. The molecule has 1 unspecified atom stereocenters. The fraction of sp³-hybridized carbons (Fsp3) is 0.188. The summed E-state index contributed by atoms with van der Waals surface area (Å²) in [6, 6.07) is 16.1. The van der Waals surface area contributed by atoms with Crippen molar-refractivity contribution in [1.29, 1.82) is 0 Å². The largest absolute Gasteiger partial charge is 0.349 e. The maximum Gasteiger partial charge on any atom is 0.204 e. The van der Waals surface area contributed by atoms with Gasteiger partial charge < -0.3 is 9.88 Å². The van der Waals surface area contributed by atoms with E-state index >= 15 is 0 Å². The fourth-order valence-electron chi connectivity index (χ4n) is 2.33. The van der Waals surface area contributed by atoms with Gasteiger partial charge in [0.1, 0.15) is 0 Å². The van der Waals surface area contributed by atoms with Crippen LogP contribution in [-0.2, 0) is 7.05 Å². The Balaban J connectivity index is 1.91. The quantitative estimate of drug-likeness (QED) is 0.773. The number of hydrogen-bond donors (Lipinski definition) is 1. The lowest BCUT2D eigenvalue weighted by Gasteiger charge is -2.15. The monoisotopic (exact) mass is 285 g/mol. The second kappa shape index (κ2) is 5.17. The molecular formula is C16H16ClN3. The van der Waals surface area contributed by atoms with Crippen LogP contribution in [0.15, 0.2) is 48.5 Å². The molecule has 20 heavy (non-hydrogen) atoms. The number of nitrogens with zero attached hydrogens (tertiary/aromatic N) is 2. The van der Waals surface area contributed by atoms with Crippen molar-refractivity contribution in [2.75, 3.05) is 5.32 Å². The molecule has 3 aromatic rings. The molecule has 0 radical (unpaired) electrons. The second-order valence-electron chi connectivity index (χ2n) is 4.90. The van der Waals surface area contributed by atoms with Gasteiger partial charge in [-0.25, -0.2) is 4.98 Å². The molecule has 4 heteroatoms. The predicted octanol–water partition coefficient (Wildman–Crippen LogP) is 4.40. The first-order valence-electron chi connectivity index (χ1n) is 6.58. The standard InChI is InChI=1S/C16H16ClN3/c1-11(12-6-5-7-13(17)10-12)18-16-19-14-8-3-4-9-15(14)20(16)2/h3-11H,1-2H3,(H,18,19). The lowest BCUT2D eigenvalue weighted by atomic mass is 10.1. The topological polar surface area (TPSA) is 29.9 Å². The maximum absolute atomic E-state index is 6.04. The summed E-state index contributed by atoms with van der Waals surface area (Å²) < 4.78 is 2.07. The fourth-order valence-corrected chi connectivity index (χ4v) is 2.53.